The first-order valence-corrected chi connectivity index (χ1v) is 4.92. The van der Waals surface area contributed by atoms with Crippen LogP contribution in [0.4, 0.5) is 0 Å². The molecule has 1 atom stereocenters. The quantitative estimate of drug-likeness (QED) is 0.627. The van der Waals surface area contributed by atoms with Crippen LogP contribution in [0.2, 0.25) is 0 Å². The summed E-state index contributed by atoms with van der Waals surface area (Å²) < 4.78 is 0. The van der Waals surface area contributed by atoms with E-state index in [0.29, 0.717) is 6.04 Å². The molecule has 1 aliphatic rings. The standard InChI is InChI=1S/C8H15NS/c1-3-8-4-5-10-6-7(2)9-8/h6,8-9H,3-5H2,1-2H3. The van der Waals surface area contributed by atoms with Crippen LogP contribution in [0.3, 0.4) is 0 Å². The maximum Gasteiger partial charge on any atom is 0.0263 e. The molecule has 1 heterocycles. The molecule has 58 valence electrons. The number of nitrogens with one attached hydrogen (secondary N) is 1. The predicted octanol–water partition coefficient (Wildman–Crippen LogP) is 2.35. The smallest absolute Gasteiger partial charge is 0.0263 e. The number of allylic oxidation sites excluding steroid dienone is 1. The molecule has 1 rings (SSSR count). The Hall–Kier alpha value is -0.110. The fraction of sp³-hybridized carbons (Fsp3) is 0.750. The third kappa shape index (κ3) is 2.25. The summed E-state index contributed by atoms with van der Waals surface area (Å²) in [7, 11) is 0. The molecule has 0 aliphatic carbocycles. The van der Waals surface area contributed by atoms with Gasteiger partial charge >= 0.3 is 0 Å². The van der Waals surface area contributed by atoms with Crippen molar-refractivity contribution in [2.45, 2.75) is 32.7 Å². The molecular formula is C8H15NS. The normalized spacial score (nSPS) is 26.6. The van der Waals surface area contributed by atoms with Crippen molar-refractivity contribution < 1.29 is 0 Å². The Morgan fingerprint density at radius 3 is 3.30 bits per heavy atom. The van der Waals surface area contributed by atoms with Gasteiger partial charge in [-0.15, -0.1) is 11.8 Å². The fourth-order valence-electron chi connectivity index (χ4n) is 1.13. The van der Waals surface area contributed by atoms with Crippen LogP contribution < -0.4 is 5.32 Å². The molecule has 0 bridgehead atoms. The molecule has 0 saturated heterocycles. The first kappa shape index (κ1) is 7.99. The van der Waals surface area contributed by atoms with E-state index in [9.17, 15) is 0 Å². The van der Waals surface area contributed by atoms with Crippen molar-refractivity contribution in [3.63, 3.8) is 0 Å². The van der Waals surface area contributed by atoms with Gasteiger partial charge in [-0.2, -0.15) is 0 Å². The van der Waals surface area contributed by atoms with Gasteiger partial charge in [0.25, 0.3) is 0 Å². The summed E-state index contributed by atoms with van der Waals surface area (Å²) in [5.74, 6) is 1.27. The number of hydrogen-bond acceptors (Lipinski definition) is 2. The summed E-state index contributed by atoms with van der Waals surface area (Å²) in [5.41, 5.74) is 1.33. The van der Waals surface area contributed by atoms with Gasteiger partial charge in [0.2, 0.25) is 0 Å². The van der Waals surface area contributed by atoms with Crippen molar-refractivity contribution in [1.82, 2.24) is 5.32 Å². The first-order chi connectivity index (χ1) is 4.83. The van der Waals surface area contributed by atoms with Gasteiger partial charge in [-0.1, -0.05) is 6.92 Å². The molecule has 0 fully saturated rings. The van der Waals surface area contributed by atoms with Crippen LogP contribution in [0.1, 0.15) is 26.7 Å². The topological polar surface area (TPSA) is 12.0 Å². The van der Waals surface area contributed by atoms with Crippen LogP contribution in [-0.4, -0.2) is 11.8 Å². The minimum atomic E-state index is 0.714. The highest BCUT2D eigenvalue weighted by Gasteiger charge is 2.07. The Morgan fingerprint density at radius 1 is 1.80 bits per heavy atom. The van der Waals surface area contributed by atoms with Gasteiger partial charge < -0.3 is 5.32 Å². The minimum absolute atomic E-state index is 0.714. The molecule has 1 aliphatic heterocycles. The maximum atomic E-state index is 3.47. The molecule has 10 heavy (non-hydrogen) atoms. The minimum Gasteiger partial charge on any atom is -0.385 e. The molecule has 1 N–H and O–H groups in total. The van der Waals surface area contributed by atoms with Crippen molar-refractivity contribution in [3.05, 3.63) is 11.1 Å². The molecule has 0 aromatic carbocycles. The molecule has 2 heteroatoms. The van der Waals surface area contributed by atoms with Crippen LogP contribution in [0.25, 0.3) is 0 Å². The summed E-state index contributed by atoms with van der Waals surface area (Å²) >= 11 is 1.92. The maximum absolute atomic E-state index is 3.47. The third-order valence-electron chi connectivity index (χ3n) is 1.77. The van der Waals surface area contributed by atoms with E-state index in [4.69, 9.17) is 0 Å². The molecule has 0 amide bonds. The van der Waals surface area contributed by atoms with Crippen LogP contribution >= 0.6 is 11.8 Å². The molecule has 1 unspecified atom stereocenters. The van der Waals surface area contributed by atoms with Crippen LogP contribution in [0.5, 0.6) is 0 Å². The van der Waals surface area contributed by atoms with E-state index in [0.717, 1.165) is 0 Å². The van der Waals surface area contributed by atoms with Gasteiger partial charge in [0.1, 0.15) is 0 Å². The Morgan fingerprint density at radius 2 is 2.60 bits per heavy atom. The fourth-order valence-corrected chi connectivity index (χ4v) is 1.99. The Labute approximate surface area is 67.3 Å². The predicted molar refractivity (Wildman–Crippen MR) is 48.0 cm³/mol. The lowest BCUT2D eigenvalue weighted by atomic mass is 10.2. The first-order valence-electron chi connectivity index (χ1n) is 3.88. The van der Waals surface area contributed by atoms with Crippen molar-refractivity contribution in [3.8, 4) is 0 Å². The zero-order chi connectivity index (χ0) is 7.40. The van der Waals surface area contributed by atoms with Crippen LogP contribution in [0.15, 0.2) is 11.1 Å². The third-order valence-corrected chi connectivity index (χ3v) is 2.76. The Bertz CT molecular complexity index is 131. The van der Waals surface area contributed by atoms with E-state index in [1.165, 1.54) is 24.3 Å². The van der Waals surface area contributed by atoms with Gasteiger partial charge in [-0.3, -0.25) is 0 Å². The van der Waals surface area contributed by atoms with Crippen molar-refractivity contribution in [2.24, 2.45) is 0 Å². The van der Waals surface area contributed by atoms with Gasteiger partial charge in [0, 0.05) is 11.7 Å². The van der Waals surface area contributed by atoms with E-state index in [1.54, 1.807) is 0 Å². The molecular weight excluding hydrogens is 142 g/mol. The van der Waals surface area contributed by atoms with Gasteiger partial charge in [0.05, 0.1) is 0 Å². The van der Waals surface area contributed by atoms with Crippen LogP contribution in [0, 0.1) is 0 Å². The van der Waals surface area contributed by atoms with Crippen LogP contribution in [-0.2, 0) is 0 Å². The Balaban J connectivity index is 2.43. The molecule has 0 radical (unpaired) electrons. The largest absolute Gasteiger partial charge is 0.385 e. The Kier molecular flexibility index (Phi) is 3.13. The van der Waals surface area contributed by atoms with E-state index >= 15 is 0 Å². The average Bonchev–Trinajstić information content (AvgIpc) is 2.13. The monoisotopic (exact) mass is 157 g/mol. The lowest BCUT2D eigenvalue weighted by Gasteiger charge is -2.14. The van der Waals surface area contributed by atoms with Crippen molar-refractivity contribution in [2.75, 3.05) is 5.75 Å². The van der Waals surface area contributed by atoms with Gasteiger partial charge in [0.15, 0.2) is 0 Å². The summed E-state index contributed by atoms with van der Waals surface area (Å²) in [6.45, 7) is 4.38. The van der Waals surface area contributed by atoms with E-state index in [1.807, 2.05) is 11.8 Å². The highest BCUT2D eigenvalue weighted by atomic mass is 32.2. The molecule has 0 saturated carbocycles. The van der Waals surface area contributed by atoms with E-state index in [2.05, 4.69) is 24.6 Å². The zero-order valence-electron chi connectivity index (χ0n) is 6.68. The summed E-state index contributed by atoms with van der Waals surface area (Å²) in [6.07, 6.45) is 2.54. The lowest BCUT2D eigenvalue weighted by molar-refractivity contribution is 0.541. The number of thioether (sulfide) groups is 1. The highest BCUT2D eigenvalue weighted by molar-refractivity contribution is 8.02. The van der Waals surface area contributed by atoms with E-state index in [-0.39, 0.29) is 0 Å². The number of hydrogen-bond donors (Lipinski definition) is 1. The average molecular weight is 157 g/mol. The molecule has 1 nitrogen and oxygen atoms in total. The van der Waals surface area contributed by atoms with Gasteiger partial charge in [-0.05, 0) is 30.9 Å². The molecule has 0 spiro atoms. The molecule has 0 aromatic rings. The zero-order valence-corrected chi connectivity index (χ0v) is 7.50. The highest BCUT2D eigenvalue weighted by Crippen LogP contribution is 2.15. The molecule has 0 aromatic heterocycles. The second-order valence-electron chi connectivity index (χ2n) is 2.71. The van der Waals surface area contributed by atoms with Crippen molar-refractivity contribution in [1.29, 1.82) is 0 Å². The van der Waals surface area contributed by atoms with Gasteiger partial charge in [-0.25, -0.2) is 0 Å². The van der Waals surface area contributed by atoms with Crippen molar-refractivity contribution >= 4 is 11.8 Å². The second-order valence-corrected chi connectivity index (χ2v) is 3.69. The lowest BCUT2D eigenvalue weighted by Crippen LogP contribution is -2.25. The van der Waals surface area contributed by atoms with E-state index < -0.39 is 0 Å². The summed E-state index contributed by atoms with van der Waals surface area (Å²) in [6, 6.07) is 0.714. The number of rotatable bonds is 1. The second kappa shape index (κ2) is 3.91. The SMILES string of the molecule is CCC1CCSC=C(C)N1. The summed E-state index contributed by atoms with van der Waals surface area (Å²) in [5, 5.41) is 5.69. The summed E-state index contributed by atoms with van der Waals surface area (Å²) in [4.78, 5) is 0.